The largest absolute Gasteiger partial charge is 0.508 e. The van der Waals surface area contributed by atoms with Gasteiger partial charge in [-0.05, 0) is 17.7 Å². The fourth-order valence-electron chi connectivity index (χ4n) is 1.19. The number of phenolic OH excluding ortho intramolecular Hbond substituents is 1. The van der Waals surface area contributed by atoms with E-state index in [4.69, 9.17) is 5.11 Å². The van der Waals surface area contributed by atoms with Crippen LogP contribution in [0.15, 0.2) is 24.3 Å². The Kier molecular flexibility index (Phi) is 4.41. The summed E-state index contributed by atoms with van der Waals surface area (Å²) in [5, 5.41) is 9.04. The number of hydrogen-bond donors (Lipinski definition) is 1. The molecular weight excluding hydrogens is 251 g/mol. The maximum Gasteiger partial charge on any atom is 0.422 e. The van der Waals surface area contributed by atoms with Gasteiger partial charge in [0.1, 0.15) is 5.75 Å². The Morgan fingerprint density at radius 2 is 1.89 bits per heavy atom. The molecule has 0 atom stereocenters. The third-order valence-electron chi connectivity index (χ3n) is 2.03. The normalized spacial score (nSPS) is 11.1. The first-order chi connectivity index (χ1) is 8.28. The van der Waals surface area contributed by atoms with Crippen molar-refractivity contribution in [2.24, 2.45) is 0 Å². The summed E-state index contributed by atoms with van der Waals surface area (Å²) in [5.41, 5.74) is 0.666. The number of carbonyl (C=O) groups is 1. The number of benzene rings is 1. The van der Waals surface area contributed by atoms with Crippen LogP contribution in [0.3, 0.4) is 0 Å². The summed E-state index contributed by atoms with van der Waals surface area (Å²) in [7, 11) is 1.32. The molecule has 0 aliphatic carbocycles. The minimum atomic E-state index is -4.53. The average molecular weight is 263 g/mol. The summed E-state index contributed by atoms with van der Waals surface area (Å²) >= 11 is 0. The second-order valence-electron chi connectivity index (χ2n) is 3.69. The second-order valence-corrected chi connectivity index (χ2v) is 3.69. The van der Waals surface area contributed by atoms with Crippen LogP contribution in [-0.4, -0.2) is 35.9 Å². The highest BCUT2D eigenvalue weighted by Gasteiger charge is 2.30. The van der Waals surface area contributed by atoms with Crippen molar-refractivity contribution in [3.8, 4) is 5.75 Å². The van der Waals surface area contributed by atoms with E-state index in [1.165, 1.54) is 19.2 Å². The van der Waals surface area contributed by atoms with Crippen LogP contribution in [-0.2, 0) is 11.3 Å². The monoisotopic (exact) mass is 263 g/mol. The van der Waals surface area contributed by atoms with Crippen molar-refractivity contribution >= 4 is 6.09 Å². The fourth-order valence-corrected chi connectivity index (χ4v) is 1.19. The first kappa shape index (κ1) is 14.1. The van der Waals surface area contributed by atoms with E-state index in [1.807, 2.05) is 0 Å². The number of carbonyl (C=O) groups excluding carboxylic acids is 1. The van der Waals surface area contributed by atoms with Crippen molar-refractivity contribution in [2.75, 3.05) is 13.7 Å². The minimum absolute atomic E-state index is 0.0704. The number of aromatic hydroxyl groups is 1. The molecule has 4 nitrogen and oxygen atoms in total. The van der Waals surface area contributed by atoms with Gasteiger partial charge in [-0.3, -0.25) is 0 Å². The molecular formula is C11H12F3NO3. The van der Waals surface area contributed by atoms with Gasteiger partial charge in [0.2, 0.25) is 0 Å². The highest BCUT2D eigenvalue weighted by atomic mass is 19.4. The number of ether oxygens (including phenoxy) is 1. The van der Waals surface area contributed by atoms with Crippen molar-refractivity contribution in [1.82, 2.24) is 4.90 Å². The molecule has 0 spiro atoms. The molecule has 0 aromatic heterocycles. The van der Waals surface area contributed by atoms with Gasteiger partial charge in [-0.2, -0.15) is 13.2 Å². The molecule has 0 aliphatic rings. The zero-order valence-electron chi connectivity index (χ0n) is 9.57. The van der Waals surface area contributed by atoms with Crippen LogP contribution in [0.1, 0.15) is 5.56 Å². The van der Waals surface area contributed by atoms with E-state index in [0.29, 0.717) is 5.56 Å². The minimum Gasteiger partial charge on any atom is -0.508 e. The van der Waals surface area contributed by atoms with Crippen LogP contribution in [0.5, 0.6) is 5.75 Å². The lowest BCUT2D eigenvalue weighted by Crippen LogP contribution is -2.30. The van der Waals surface area contributed by atoms with Gasteiger partial charge >= 0.3 is 12.3 Å². The van der Waals surface area contributed by atoms with Gasteiger partial charge in [0.05, 0.1) is 0 Å². The lowest BCUT2D eigenvalue weighted by Gasteiger charge is -2.17. The topological polar surface area (TPSA) is 49.8 Å². The molecule has 0 saturated heterocycles. The molecule has 0 heterocycles. The van der Waals surface area contributed by atoms with Crippen molar-refractivity contribution in [3.63, 3.8) is 0 Å². The van der Waals surface area contributed by atoms with E-state index >= 15 is 0 Å². The Balaban J connectivity index is 2.47. The van der Waals surface area contributed by atoms with E-state index in [0.717, 1.165) is 4.90 Å². The zero-order valence-corrected chi connectivity index (χ0v) is 9.57. The number of halogens is 3. The van der Waals surface area contributed by atoms with Crippen molar-refractivity contribution in [3.05, 3.63) is 29.8 Å². The molecule has 0 radical (unpaired) electrons. The maximum absolute atomic E-state index is 11.8. The molecule has 1 amide bonds. The molecule has 0 fully saturated rings. The molecule has 7 heteroatoms. The zero-order chi connectivity index (χ0) is 13.8. The van der Waals surface area contributed by atoms with E-state index < -0.39 is 18.9 Å². The van der Waals surface area contributed by atoms with Crippen LogP contribution in [0.25, 0.3) is 0 Å². The summed E-state index contributed by atoms with van der Waals surface area (Å²) < 4.78 is 39.6. The Hall–Kier alpha value is -1.92. The van der Waals surface area contributed by atoms with Crippen molar-refractivity contribution in [2.45, 2.75) is 12.7 Å². The molecule has 18 heavy (non-hydrogen) atoms. The van der Waals surface area contributed by atoms with Gasteiger partial charge < -0.3 is 14.7 Å². The highest BCUT2D eigenvalue weighted by molar-refractivity contribution is 5.67. The molecule has 100 valence electrons. The smallest absolute Gasteiger partial charge is 0.422 e. The van der Waals surface area contributed by atoms with Gasteiger partial charge in [0.25, 0.3) is 0 Å². The molecule has 0 unspecified atom stereocenters. The summed E-state index contributed by atoms with van der Waals surface area (Å²) in [6, 6.07) is 5.96. The number of hydrogen-bond acceptors (Lipinski definition) is 3. The van der Waals surface area contributed by atoms with E-state index in [2.05, 4.69) is 4.74 Å². The summed E-state index contributed by atoms with van der Waals surface area (Å²) in [4.78, 5) is 12.2. The standard InChI is InChI=1S/C11H12F3NO3/c1-15(10(17)18-7-11(12,13)14)6-8-2-4-9(16)5-3-8/h2-5,16H,6-7H2,1H3. The third-order valence-corrected chi connectivity index (χ3v) is 2.03. The van der Waals surface area contributed by atoms with Gasteiger partial charge in [0.15, 0.2) is 6.61 Å². The average Bonchev–Trinajstić information content (AvgIpc) is 2.28. The third kappa shape index (κ3) is 4.94. The van der Waals surface area contributed by atoms with Crippen molar-refractivity contribution < 1.29 is 27.8 Å². The van der Waals surface area contributed by atoms with E-state index in [9.17, 15) is 18.0 Å². The van der Waals surface area contributed by atoms with E-state index in [-0.39, 0.29) is 12.3 Å². The van der Waals surface area contributed by atoms with Crippen LogP contribution < -0.4 is 0 Å². The lowest BCUT2D eigenvalue weighted by molar-refractivity contribution is -0.162. The first-order valence-corrected chi connectivity index (χ1v) is 5.00. The maximum atomic E-state index is 11.8. The Bertz CT molecular complexity index is 403. The number of amides is 1. The predicted molar refractivity (Wildman–Crippen MR) is 57.0 cm³/mol. The van der Waals surface area contributed by atoms with Gasteiger partial charge in [0, 0.05) is 13.6 Å². The predicted octanol–water partition coefficient (Wildman–Crippen LogP) is 2.52. The second kappa shape index (κ2) is 5.61. The number of nitrogens with zero attached hydrogens (tertiary/aromatic N) is 1. The Morgan fingerprint density at radius 3 is 2.39 bits per heavy atom. The molecule has 1 rings (SSSR count). The quantitative estimate of drug-likeness (QED) is 0.911. The Labute approximate surface area is 102 Å². The van der Waals surface area contributed by atoms with Gasteiger partial charge in [-0.15, -0.1) is 0 Å². The molecule has 0 saturated carbocycles. The highest BCUT2D eigenvalue weighted by Crippen LogP contribution is 2.16. The van der Waals surface area contributed by atoms with Crippen LogP contribution in [0, 0.1) is 0 Å². The van der Waals surface area contributed by atoms with Gasteiger partial charge in [-0.1, -0.05) is 12.1 Å². The number of alkyl halides is 3. The SMILES string of the molecule is CN(Cc1ccc(O)cc1)C(=O)OCC(F)(F)F. The molecule has 0 aliphatic heterocycles. The van der Waals surface area contributed by atoms with Crippen LogP contribution in [0.2, 0.25) is 0 Å². The van der Waals surface area contributed by atoms with Crippen molar-refractivity contribution in [1.29, 1.82) is 0 Å². The first-order valence-electron chi connectivity index (χ1n) is 5.00. The molecule has 0 bridgehead atoms. The van der Waals surface area contributed by atoms with Gasteiger partial charge in [-0.25, -0.2) is 4.79 Å². The van der Waals surface area contributed by atoms with Crippen LogP contribution in [0.4, 0.5) is 18.0 Å². The lowest BCUT2D eigenvalue weighted by atomic mass is 10.2. The van der Waals surface area contributed by atoms with Crippen LogP contribution >= 0.6 is 0 Å². The Morgan fingerprint density at radius 1 is 1.33 bits per heavy atom. The summed E-state index contributed by atoms with van der Waals surface area (Å²) in [5.74, 6) is 0.0704. The molecule has 1 N–H and O–H groups in total. The summed E-state index contributed by atoms with van der Waals surface area (Å²) in [6.07, 6.45) is -5.59. The fraction of sp³-hybridized carbons (Fsp3) is 0.364. The summed E-state index contributed by atoms with van der Waals surface area (Å²) in [6.45, 7) is -1.51. The van der Waals surface area contributed by atoms with E-state index in [1.54, 1.807) is 12.1 Å². The molecule has 1 aromatic rings. The number of phenols is 1. The molecule has 1 aromatic carbocycles. The number of rotatable bonds is 3.